The van der Waals surface area contributed by atoms with Gasteiger partial charge in [-0.15, -0.1) is 0 Å². The Kier molecular flexibility index (Phi) is 4.58. The molecule has 1 aliphatic carbocycles. The molecule has 3 N–H and O–H groups in total. The number of hydrogen-bond acceptors (Lipinski definition) is 4. The fourth-order valence-electron chi connectivity index (χ4n) is 2.90. The molecule has 0 aromatic carbocycles. The number of amides is 1. The summed E-state index contributed by atoms with van der Waals surface area (Å²) in [5.41, 5.74) is 7.21. The Morgan fingerprint density at radius 1 is 1.45 bits per heavy atom. The lowest BCUT2D eigenvalue weighted by molar-refractivity contribution is -0.123. The minimum Gasteiger partial charge on any atom is -0.480 e. The molecule has 6 nitrogen and oxygen atoms in total. The molecule has 1 aliphatic rings. The molecule has 2 aromatic rings. The van der Waals surface area contributed by atoms with Gasteiger partial charge in [-0.1, -0.05) is 12.8 Å². The number of aromatic nitrogens is 2. The van der Waals surface area contributed by atoms with Gasteiger partial charge in [0, 0.05) is 24.9 Å². The van der Waals surface area contributed by atoms with Crippen LogP contribution in [0.2, 0.25) is 0 Å². The number of imidazole rings is 1. The minimum absolute atomic E-state index is 0.0231. The lowest BCUT2D eigenvalue weighted by Gasteiger charge is -2.12. The van der Waals surface area contributed by atoms with Gasteiger partial charge in [0.25, 0.3) is 5.91 Å². The van der Waals surface area contributed by atoms with E-state index in [0.717, 1.165) is 30.6 Å². The number of nitrogens with two attached hydrogens (primary N) is 1. The second-order valence-electron chi connectivity index (χ2n) is 5.71. The fraction of sp³-hybridized carbons (Fsp3) is 0.500. The summed E-state index contributed by atoms with van der Waals surface area (Å²) in [6.45, 7) is 0.582. The van der Waals surface area contributed by atoms with E-state index in [4.69, 9.17) is 10.5 Å². The van der Waals surface area contributed by atoms with Crippen LogP contribution in [0.1, 0.15) is 31.4 Å². The van der Waals surface area contributed by atoms with Gasteiger partial charge >= 0.3 is 0 Å². The van der Waals surface area contributed by atoms with E-state index >= 15 is 0 Å². The quantitative estimate of drug-likeness (QED) is 0.842. The molecule has 118 valence electrons. The Labute approximate surface area is 129 Å². The van der Waals surface area contributed by atoms with Crippen LogP contribution in [-0.4, -0.2) is 34.5 Å². The molecule has 1 amide bonds. The van der Waals surface area contributed by atoms with Crippen molar-refractivity contribution >= 4 is 11.6 Å². The molecule has 0 radical (unpaired) electrons. The third kappa shape index (κ3) is 3.39. The maximum Gasteiger partial charge on any atom is 0.258 e. The third-order valence-electron chi connectivity index (χ3n) is 3.98. The third-order valence-corrected chi connectivity index (χ3v) is 3.98. The van der Waals surface area contributed by atoms with Crippen molar-refractivity contribution in [1.82, 2.24) is 14.7 Å². The van der Waals surface area contributed by atoms with E-state index in [2.05, 4.69) is 10.3 Å². The monoisotopic (exact) mass is 302 g/mol. The molecule has 22 heavy (non-hydrogen) atoms. The van der Waals surface area contributed by atoms with Crippen molar-refractivity contribution in [1.29, 1.82) is 0 Å². The van der Waals surface area contributed by atoms with Crippen LogP contribution < -0.4 is 15.8 Å². The summed E-state index contributed by atoms with van der Waals surface area (Å²) in [6, 6.07) is 4.03. The number of hydrogen-bond donors (Lipinski definition) is 2. The Hall–Kier alpha value is -2.08. The number of carbonyl (C=O) groups is 1. The normalized spacial score (nSPS) is 15.3. The Morgan fingerprint density at radius 3 is 3.05 bits per heavy atom. The van der Waals surface area contributed by atoms with Crippen molar-refractivity contribution in [3.8, 4) is 5.75 Å². The largest absolute Gasteiger partial charge is 0.480 e. The van der Waals surface area contributed by atoms with E-state index in [-0.39, 0.29) is 12.5 Å². The van der Waals surface area contributed by atoms with Crippen molar-refractivity contribution in [2.24, 2.45) is 5.73 Å². The van der Waals surface area contributed by atoms with Gasteiger partial charge in [-0.25, -0.2) is 4.98 Å². The molecule has 0 bridgehead atoms. The summed E-state index contributed by atoms with van der Waals surface area (Å²) in [6.07, 6.45) is 9.12. The lowest BCUT2D eigenvalue weighted by atomic mass is 10.2. The molecule has 3 rings (SSSR count). The van der Waals surface area contributed by atoms with Crippen molar-refractivity contribution in [3.63, 3.8) is 0 Å². The second-order valence-corrected chi connectivity index (χ2v) is 5.71. The predicted molar refractivity (Wildman–Crippen MR) is 83.8 cm³/mol. The van der Waals surface area contributed by atoms with Crippen LogP contribution in [0.15, 0.2) is 24.5 Å². The molecular weight excluding hydrogens is 280 g/mol. The summed E-state index contributed by atoms with van der Waals surface area (Å²) in [5.74, 6) is 0.551. The minimum atomic E-state index is -0.0670. The van der Waals surface area contributed by atoms with E-state index in [1.807, 2.05) is 28.9 Å². The van der Waals surface area contributed by atoms with Crippen LogP contribution in [0.5, 0.6) is 5.75 Å². The van der Waals surface area contributed by atoms with Crippen LogP contribution >= 0.6 is 0 Å². The molecule has 0 atom stereocenters. The lowest BCUT2D eigenvalue weighted by Crippen LogP contribution is -2.36. The Balaban J connectivity index is 1.64. The van der Waals surface area contributed by atoms with E-state index in [9.17, 15) is 4.79 Å². The fourth-order valence-corrected chi connectivity index (χ4v) is 2.90. The summed E-state index contributed by atoms with van der Waals surface area (Å²) in [7, 11) is 0. The van der Waals surface area contributed by atoms with E-state index in [1.165, 1.54) is 12.8 Å². The highest BCUT2D eigenvalue weighted by atomic mass is 16.5. The van der Waals surface area contributed by atoms with E-state index in [0.29, 0.717) is 18.3 Å². The number of carbonyl (C=O) groups excluding carboxylic acids is 1. The van der Waals surface area contributed by atoms with Gasteiger partial charge in [0.1, 0.15) is 0 Å². The number of rotatable bonds is 6. The molecule has 0 saturated heterocycles. The molecule has 1 saturated carbocycles. The average Bonchev–Trinajstić information content (AvgIpc) is 3.14. The Bertz CT molecular complexity index is 647. The second kappa shape index (κ2) is 6.79. The van der Waals surface area contributed by atoms with Crippen LogP contribution in [0, 0.1) is 0 Å². The summed E-state index contributed by atoms with van der Waals surface area (Å²) in [4.78, 5) is 16.4. The molecule has 0 aliphatic heterocycles. The molecule has 0 spiro atoms. The number of pyridine rings is 1. The maximum atomic E-state index is 11.9. The van der Waals surface area contributed by atoms with Gasteiger partial charge in [-0.05, 0) is 31.5 Å². The molecule has 0 unspecified atom stereocenters. The van der Waals surface area contributed by atoms with Gasteiger partial charge in [-0.3, -0.25) is 4.79 Å². The zero-order valence-corrected chi connectivity index (χ0v) is 12.6. The van der Waals surface area contributed by atoms with Crippen molar-refractivity contribution < 1.29 is 9.53 Å². The molecule has 1 fully saturated rings. The number of fused-ring (bicyclic) bond motifs is 1. The first-order valence-corrected chi connectivity index (χ1v) is 7.85. The Morgan fingerprint density at radius 2 is 2.27 bits per heavy atom. The first kappa shape index (κ1) is 14.8. The molecule has 2 aromatic heterocycles. The van der Waals surface area contributed by atoms with Crippen LogP contribution in [-0.2, 0) is 11.2 Å². The van der Waals surface area contributed by atoms with Crippen molar-refractivity contribution in [3.05, 3.63) is 30.2 Å². The maximum absolute atomic E-state index is 11.9. The predicted octanol–water partition coefficient (Wildman–Crippen LogP) is 1.27. The number of ether oxygens (including phenoxy) is 1. The summed E-state index contributed by atoms with van der Waals surface area (Å²) < 4.78 is 7.55. The summed E-state index contributed by atoms with van der Waals surface area (Å²) in [5, 5.41) is 3.02. The highest BCUT2D eigenvalue weighted by Gasteiger charge is 2.17. The molecular formula is C16H22N4O2. The zero-order valence-electron chi connectivity index (χ0n) is 12.6. The first-order chi connectivity index (χ1) is 10.8. The highest BCUT2D eigenvalue weighted by molar-refractivity contribution is 5.78. The number of nitrogens with one attached hydrogen (secondary N) is 1. The van der Waals surface area contributed by atoms with Crippen molar-refractivity contribution in [2.45, 2.75) is 38.1 Å². The van der Waals surface area contributed by atoms with Gasteiger partial charge in [0.15, 0.2) is 18.0 Å². The first-order valence-electron chi connectivity index (χ1n) is 7.85. The topological polar surface area (TPSA) is 81.6 Å². The van der Waals surface area contributed by atoms with Gasteiger partial charge in [0.2, 0.25) is 0 Å². The van der Waals surface area contributed by atoms with E-state index < -0.39 is 0 Å². The molecule has 6 heteroatoms. The highest BCUT2D eigenvalue weighted by Crippen LogP contribution is 2.20. The van der Waals surface area contributed by atoms with Crippen LogP contribution in [0.4, 0.5) is 0 Å². The van der Waals surface area contributed by atoms with Gasteiger partial charge < -0.3 is 20.2 Å². The van der Waals surface area contributed by atoms with Gasteiger partial charge in [-0.2, -0.15) is 0 Å². The van der Waals surface area contributed by atoms with Gasteiger partial charge in [0.05, 0.1) is 5.69 Å². The molecule has 2 heterocycles. The smallest absolute Gasteiger partial charge is 0.258 e. The average molecular weight is 302 g/mol. The van der Waals surface area contributed by atoms with Crippen LogP contribution in [0.3, 0.4) is 0 Å². The zero-order chi connectivity index (χ0) is 15.4. The van der Waals surface area contributed by atoms with Crippen molar-refractivity contribution in [2.75, 3.05) is 13.2 Å². The summed E-state index contributed by atoms with van der Waals surface area (Å²) >= 11 is 0. The van der Waals surface area contributed by atoms with Crippen LogP contribution in [0.25, 0.3) is 5.65 Å². The number of nitrogens with zero attached hydrogens (tertiary/aromatic N) is 2. The SMILES string of the molecule is NCCc1cn2cccc(OCC(=O)NC3CCCC3)c2n1. The van der Waals surface area contributed by atoms with E-state index in [1.54, 1.807) is 0 Å². The standard InChI is InChI=1S/C16H22N4O2/c17-8-7-13-10-20-9-3-6-14(16(20)19-13)22-11-15(21)18-12-4-1-2-5-12/h3,6,9-10,12H,1-2,4-5,7-8,11,17H2,(H,18,21).